The van der Waals surface area contributed by atoms with E-state index in [1.165, 1.54) is 5.56 Å². The molecule has 3 aromatic rings. The van der Waals surface area contributed by atoms with Crippen molar-refractivity contribution < 1.29 is 4.79 Å². The molecule has 1 aliphatic rings. The van der Waals surface area contributed by atoms with E-state index in [0.29, 0.717) is 13.1 Å². The van der Waals surface area contributed by atoms with E-state index >= 15 is 0 Å². The Hall–Kier alpha value is -3.15. The van der Waals surface area contributed by atoms with E-state index in [4.69, 9.17) is 0 Å². The van der Waals surface area contributed by atoms with Gasteiger partial charge in [-0.3, -0.25) is 0 Å². The first-order valence-corrected chi connectivity index (χ1v) is 9.71. The third-order valence-corrected chi connectivity index (χ3v) is 5.55. The Balaban J connectivity index is 1.36. The van der Waals surface area contributed by atoms with Crippen LogP contribution < -0.4 is 5.32 Å². The largest absolute Gasteiger partial charge is 0.324 e. The van der Waals surface area contributed by atoms with E-state index in [1.54, 1.807) is 0 Å². The van der Waals surface area contributed by atoms with Crippen LogP contribution in [0.1, 0.15) is 30.0 Å². The monoisotopic (exact) mass is 375 g/mol. The average Bonchev–Trinajstić information content (AvgIpc) is 3.22. The minimum Gasteiger partial charge on any atom is -0.324 e. The Morgan fingerprint density at radius 3 is 2.54 bits per heavy atom. The molecule has 0 bridgehead atoms. The van der Waals surface area contributed by atoms with Gasteiger partial charge in [-0.2, -0.15) is 0 Å². The van der Waals surface area contributed by atoms with Crippen LogP contribution in [-0.2, 0) is 0 Å². The van der Waals surface area contributed by atoms with Gasteiger partial charge < -0.3 is 10.2 Å². The molecular weight excluding hydrogens is 350 g/mol. The second-order valence-electron chi connectivity index (χ2n) is 7.35. The number of hydrogen-bond acceptors (Lipinski definition) is 3. The summed E-state index contributed by atoms with van der Waals surface area (Å²) in [6, 6.07) is 16.3. The van der Waals surface area contributed by atoms with Crippen LogP contribution in [0.4, 0.5) is 10.5 Å². The van der Waals surface area contributed by atoms with Crippen LogP contribution in [0.25, 0.3) is 11.3 Å². The zero-order chi connectivity index (χ0) is 19.5. The van der Waals surface area contributed by atoms with Gasteiger partial charge in [0.1, 0.15) is 5.69 Å². The third-order valence-electron chi connectivity index (χ3n) is 5.55. The minimum atomic E-state index is -0.0317. The van der Waals surface area contributed by atoms with Crippen LogP contribution in [0.5, 0.6) is 0 Å². The Morgan fingerprint density at radius 2 is 1.79 bits per heavy atom. The Kier molecular flexibility index (Phi) is 5.10. The van der Waals surface area contributed by atoms with Gasteiger partial charge in [-0.05, 0) is 43.9 Å². The highest BCUT2D eigenvalue weighted by Crippen LogP contribution is 2.25. The van der Waals surface area contributed by atoms with Gasteiger partial charge in [0.2, 0.25) is 0 Å². The van der Waals surface area contributed by atoms with Crippen molar-refractivity contribution in [1.29, 1.82) is 0 Å². The Labute approximate surface area is 165 Å². The summed E-state index contributed by atoms with van der Waals surface area (Å²) >= 11 is 0. The van der Waals surface area contributed by atoms with Crippen molar-refractivity contribution in [3.8, 4) is 11.3 Å². The van der Waals surface area contributed by atoms with Crippen molar-refractivity contribution in [3.05, 3.63) is 65.9 Å². The molecule has 1 saturated heterocycles. The number of nitrogens with zero attached hydrogens (tertiary/aromatic N) is 4. The number of anilines is 1. The lowest BCUT2D eigenvalue weighted by Crippen LogP contribution is -2.41. The lowest BCUT2D eigenvalue weighted by Gasteiger charge is -2.32. The van der Waals surface area contributed by atoms with Gasteiger partial charge >= 0.3 is 6.03 Å². The number of carbonyl (C=O) groups is 1. The van der Waals surface area contributed by atoms with Crippen LogP contribution in [-0.4, -0.2) is 39.0 Å². The van der Waals surface area contributed by atoms with Crippen molar-refractivity contribution in [1.82, 2.24) is 19.9 Å². The number of piperidine rings is 1. The molecule has 4 rings (SSSR count). The molecule has 1 fully saturated rings. The van der Waals surface area contributed by atoms with Gasteiger partial charge in [0.15, 0.2) is 0 Å². The summed E-state index contributed by atoms with van der Waals surface area (Å²) in [4.78, 5) is 14.5. The number of benzene rings is 2. The van der Waals surface area contributed by atoms with Crippen LogP contribution >= 0.6 is 0 Å². The molecule has 0 saturated carbocycles. The maximum atomic E-state index is 12.6. The van der Waals surface area contributed by atoms with Crippen molar-refractivity contribution in [2.45, 2.75) is 32.7 Å². The molecular formula is C22H25N5O. The smallest absolute Gasteiger partial charge is 0.321 e. The number of hydrogen-bond donors (Lipinski definition) is 1. The average molecular weight is 375 g/mol. The standard InChI is InChI=1S/C22H25N5O/c1-16-7-6-10-20(17(16)2)23-22(28)26-13-11-19(12-14-26)27-15-21(24-25-27)18-8-4-3-5-9-18/h3-10,15,19H,11-14H2,1-2H3,(H,23,28). The van der Waals surface area contributed by atoms with E-state index in [1.807, 2.05) is 65.2 Å². The number of urea groups is 1. The molecule has 1 aromatic heterocycles. The second-order valence-corrected chi connectivity index (χ2v) is 7.35. The van der Waals surface area contributed by atoms with Crippen LogP contribution in [0.15, 0.2) is 54.7 Å². The van der Waals surface area contributed by atoms with E-state index in [0.717, 1.165) is 35.3 Å². The highest BCUT2D eigenvalue weighted by Gasteiger charge is 2.25. The van der Waals surface area contributed by atoms with Gasteiger partial charge in [0, 0.05) is 24.3 Å². The van der Waals surface area contributed by atoms with Gasteiger partial charge in [-0.25, -0.2) is 9.48 Å². The summed E-state index contributed by atoms with van der Waals surface area (Å²) < 4.78 is 1.95. The molecule has 0 radical (unpaired) electrons. The number of nitrogens with one attached hydrogen (secondary N) is 1. The summed E-state index contributed by atoms with van der Waals surface area (Å²) in [5.41, 5.74) is 5.13. The fraction of sp³-hybridized carbons (Fsp3) is 0.318. The summed E-state index contributed by atoms with van der Waals surface area (Å²) in [6.45, 7) is 5.51. The van der Waals surface area contributed by atoms with Crippen molar-refractivity contribution in [2.75, 3.05) is 18.4 Å². The molecule has 1 aliphatic heterocycles. The lowest BCUT2D eigenvalue weighted by atomic mass is 10.1. The van der Waals surface area contributed by atoms with E-state index in [-0.39, 0.29) is 12.1 Å². The molecule has 28 heavy (non-hydrogen) atoms. The number of amides is 2. The van der Waals surface area contributed by atoms with Crippen LogP contribution in [0.3, 0.4) is 0 Å². The number of rotatable bonds is 3. The Bertz CT molecular complexity index is 958. The first kappa shape index (κ1) is 18.2. The van der Waals surface area contributed by atoms with Gasteiger partial charge in [0.25, 0.3) is 0 Å². The molecule has 2 aromatic carbocycles. The molecule has 144 valence electrons. The quantitative estimate of drug-likeness (QED) is 0.736. The molecule has 1 N–H and O–H groups in total. The fourth-order valence-electron chi connectivity index (χ4n) is 3.61. The molecule has 2 heterocycles. The van der Waals surface area contributed by atoms with Crippen molar-refractivity contribution in [3.63, 3.8) is 0 Å². The lowest BCUT2D eigenvalue weighted by molar-refractivity contribution is 0.179. The van der Waals surface area contributed by atoms with E-state index < -0.39 is 0 Å². The highest BCUT2D eigenvalue weighted by atomic mass is 16.2. The molecule has 2 amide bonds. The van der Waals surface area contributed by atoms with Crippen LogP contribution in [0, 0.1) is 13.8 Å². The summed E-state index contributed by atoms with van der Waals surface area (Å²) in [5, 5.41) is 11.7. The number of carbonyl (C=O) groups excluding carboxylic acids is 1. The first-order valence-electron chi connectivity index (χ1n) is 9.71. The van der Waals surface area contributed by atoms with Gasteiger partial charge in [0.05, 0.1) is 12.2 Å². The molecule has 0 atom stereocenters. The SMILES string of the molecule is Cc1cccc(NC(=O)N2CCC(n3cc(-c4ccccc4)nn3)CC2)c1C. The fourth-order valence-corrected chi connectivity index (χ4v) is 3.61. The van der Waals surface area contributed by atoms with E-state index in [2.05, 4.69) is 28.6 Å². The highest BCUT2D eigenvalue weighted by molar-refractivity contribution is 5.90. The second kappa shape index (κ2) is 7.84. The predicted molar refractivity (Wildman–Crippen MR) is 110 cm³/mol. The summed E-state index contributed by atoms with van der Waals surface area (Å²) in [7, 11) is 0. The van der Waals surface area contributed by atoms with Crippen molar-refractivity contribution in [2.24, 2.45) is 0 Å². The topological polar surface area (TPSA) is 63.1 Å². The molecule has 6 heteroatoms. The predicted octanol–water partition coefficient (Wildman–Crippen LogP) is 4.43. The maximum absolute atomic E-state index is 12.6. The molecule has 0 unspecified atom stereocenters. The van der Waals surface area contributed by atoms with Gasteiger partial charge in [-0.1, -0.05) is 47.7 Å². The zero-order valence-corrected chi connectivity index (χ0v) is 16.3. The number of aryl methyl sites for hydroxylation is 1. The third kappa shape index (κ3) is 3.76. The zero-order valence-electron chi connectivity index (χ0n) is 16.3. The first-order chi connectivity index (χ1) is 13.6. The minimum absolute atomic E-state index is 0.0317. The summed E-state index contributed by atoms with van der Waals surface area (Å²) in [5.74, 6) is 0. The maximum Gasteiger partial charge on any atom is 0.321 e. The van der Waals surface area contributed by atoms with E-state index in [9.17, 15) is 4.79 Å². The number of likely N-dealkylation sites (tertiary alicyclic amines) is 1. The normalized spacial score (nSPS) is 14.9. The van der Waals surface area contributed by atoms with Gasteiger partial charge in [-0.15, -0.1) is 5.10 Å². The molecule has 0 aliphatic carbocycles. The Morgan fingerprint density at radius 1 is 1.04 bits per heavy atom. The number of aromatic nitrogens is 3. The van der Waals surface area contributed by atoms with Crippen molar-refractivity contribution >= 4 is 11.7 Å². The van der Waals surface area contributed by atoms with Crippen LogP contribution in [0.2, 0.25) is 0 Å². The molecule has 6 nitrogen and oxygen atoms in total. The molecule has 0 spiro atoms. The summed E-state index contributed by atoms with van der Waals surface area (Å²) in [6.07, 6.45) is 3.75.